The lowest BCUT2D eigenvalue weighted by atomic mass is 10.1. The lowest BCUT2D eigenvalue weighted by Gasteiger charge is -2.10. The van der Waals surface area contributed by atoms with Crippen LogP contribution in [0.4, 0.5) is 10.1 Å². The predicted molar refractivity (Wildman–Crippen MR) is 104 cm³/mol. The molecule has 0 saturated carbocycles. The molecule has 3 heteroatoms. The third-order valence-electron chi connectivity index (χ3n) is 4.95. The van der Waals surface area contributed by atoms with E-state index < -0.39 is 0 Å². The van der Waals surface area contributed by atoms with Crippen molar-refractivity contribution in [1.82, 2.24) is 4.57 Å². The lowest BCUT2D eigenvalue weighted by Crippen LogP contribution is -2.02. The molecule has 0 aliphatic rings. The van der Waals surface area contributed by atoms with E-state index in [1.54, 1.807) is 6.07 Å². The smallest absolute Gasteiger partial charge is 0.126 e. The first-order valence-electron chi connectivity index (χ1n) is 8.68. The molecular weight excluding hydrogens is 311 g/mol. The molecule has 0 bridgehead atoms. The van der Waals surface area contributed by atoms with Crippen LogP contribution < -0.4 is 5.32 Å². The molecule has 2 nitrogen and oxygen atoms in total. The Morgan fingerprint density at radius 2 is 1.72 bits per heavy atom. The fourth-order valence-corrected chi connectivity index (χ4v) is 3.55. The Kier molecular flexibility index (Phi) is 3.92. The molecule has 1 aromatic heterocycles. The molecule has 0 unspecified atom stereocenters. The zero-order valence-corrected chi connectivity index (χ0v) is 14.5. The fraction of sp³-hybridized carbons (Fsp3) is 0.182. The maximum absolute atomic E-state index is 13.7. The van der Waals surface area contributed by atoms with E-state index in [9.17, 15) is 4.39 Å². The normalized spacial score (nSPS) is 11.3. The van der Waals surface area contributed by atoms with E-state index in [0.717, 1.165) is 17.8 Å². The van der Waals surface area contributed by atoms with Crippen LogP contribution in [-0.2, 0) is 13.1 Å². The number of anilines is 1. The van der Waals surface area contributed by atoms with Gasteiger partial charge < -0.3 is 9.88 Å². The minimum absolute atomic E-state index is 0.152. The predicted octanol–water partition coefficient (Wildman–Crippen LogP) is 5.87. The van der Waals surface area contributed by atoms with Gasteiger partial charge in [0.15, 0.2) is 0 Å². The molecule has 0 aliphatic heterocycles. The second-order valence-electron chi connectivity index (χ2n) is 6.37. The lowest BCUT2D eigenvalue weighted by molar-refractivity contribution is 0.616. The summed E-state index contributed by atoms with van der Waals surface area (Å²) in [7, 11) is 0. The first kappa shape index (κ1) is 15.7. The molecule has 0 atom stereocenters. The Morgan fingerprint density at radius 3 is 2.56 bits per heavy atom. The van der Waals surface area contributed by atoms with E-state index in [2.05, 4.69) is 59.3 Å². The topological polar surface area (TPSA) is 17.0 Å². The van der Waals surface area contributed by atoms with Crippen molar-refractivity contribution in [3.63, 3.8) is 0 Å². The van der Waals surface area contributed by atoms with Crippen molar-refractivity contribution < 1.29 is 4.39 Å². The zero-order valence-electron chi connectivity index (χ0n) is 14.5. The van der Waals surface area contributed by atoms with E-state index in [-0.39, 0.29) is 5.82 Å². The number of halogens is 1. The first-order chi connectivity index (χ1) is 12.2. The summed E-state index contributed by atoms with van der Waals surface area (Å²) >= 11 is 0. The van der Waals surface area contributed by atoms with Crippen LogP contribution in [0.25, 0.3) is 21.8 Å². The quantitative estimate of drug-likeness (QED) is 0.494. The Morgan fingerprint density at radius 1 is 0.920 bits per heavy atom. The second-order valence-corrected chi connectivity index (χ2v) is 6.37. The van der Waals surface area contributed by atoms with Crippen LogP contribution in [0.5, 0.6) is 0 Å². The number of hydrogen-bond acceptors (Lipinski definition) is 1. The van der Waals surface area contributed by atoms with Gasteiger partial charge in [-0.2, -0.15) is 0 Å². The number of para-hydroxylation sites is 1. The van der Waals surface area contributed by atoms with Crippen molar-refractivity contribution in [3.8, 4) is 0 Å². The number of aryl methyl sites for hydroxylation is 1. The number of nitrogens with one attached hydrogen (secondary N) is 1. The van der Waals surface area contributed by atoms with Crippen molar-refractivity contribution >= 4 is 27.5 Å². The van der Waals surface area contributed by atoms with E-state index in [4.69, 9.17) is 0 Å². The highest BCUT2D eigenvalue weighted by molar-refractivity contribution is 6.09. The van der Waals surface area contributed by atoms with E-state index in [1.165, 1.54) is 27.9 Å². The van der Waals surface area contributed by atoms with Crippen LogP contribution in [0.3, 0.4) is 0 Å². The van der Waals surface area contributed by atoms with Crippen LogP contribution >= 0.6 is 0 Å². The molecule has 1 N–H and O–H groups in total. The van der Waals surface area contributed by atoms with Crippen molar-refractivity contribution in [1.29, 1.82) is 0 Å². The molecule has 0 saturated heterocycles. The Labute approximate surface area is 146 Å². The Balaban J connectivity index is 1.72. The highest BCUT2D eigenvalue weighted by Gasteiger charge is 2.10. The fourth-order valence-electron chi connectivity index (χ4n) is 3.55. The summed E-state index contributed by atoms with van der Waals surface area (Å²) in [6, 6.07) is 20.2. The summed E-state index contributed by atoms with van der Waals surface area (Å²) < 4.78 is 16.0. The Bertz CT molecular complexity index is 1060. The number of fused-ring (bicyclic) bond motifs is 3. The largest absolute Gasteiger partial charge is 0.381 e. The van der Waals surface area contributed by atoms with Gasteiger partial charge >= 0.3 is 0 Å². The molecule has 0 spiro atoms. The molecular formula is C22H21FN2. The van der Waals surface area contributed by atoms with Gasteiger partial charge in [0.1, 0.15) is 5.82 Å². The molecule has 4 rings (SSSR count). The van der Waals surface area contributed by atoms with Gasteiger partial charge in [-0.25, -0.2) is 4.39 Å². The van der Waals surface area contributed by atoms with E-state index in [0.29, 0.717) is 12.1 Å². The van der Waals surface area contributed by atoms with Crippen LogP contribution in [0.15, 0.2) is 60.7 Å². The monoisotopic (exact) mass is 332 g/mol. The SMILES string of the molecule is CCn1c2ccccc2c2cc(NCc3cccc(F)c3C)ccc21. The molecule has 126 valence electrons. The van der Waals surface area contributed by atoms with Gasteiger partial charge in [0.05, 0.1) is 0 Å². The van der Waals surface area contributed by atoms with Gasteiger partial charge in [0.25, 0.3) is 0 Å². The average Bonchev–Trinajstić information content (AvgIpc) is 2.96. The summed E-state index contributed by atoms with van der Waals surface area (Å²) in [5.41, 5.74) is 5.25. The van der Waals surface area contributed by atoms with Gasteiger partial charge in [0, 0.05) is 40.6 Å². The molecule has 1 heterocycles. The first-order valence-corrected chi connectivity index (χ1v) is 8.68. The van der Waals surface area contributed by atoms with E-state index in [1.807, 2.05) is 13.0 Å². The summed E-state index contributed by atoms with van der Waals surface area (Å²) in [4.78, 5) is 0. The number of nitrogens with zero attached hydrogens (tertiary/aromatic N) is 1. The minimum atomic E-state index is -0.152. The summed E-state index contributed by atoms with van der Waals surface area (Å²) in [5.74, 6) is -0.152. The van der Waals surface area contributed by atoms with Crippen molar-refractivity contribution in [2.24, 2.45) is 0 Å². The van der Waals surface area contributed by atoms with Gasteiger partial charge in [-0.3, -0.25) is 0 Å². The molecule has 0 radical (unpaired) electrons. The maximum Gasteiger partial charge on any atom is 0.126 e. The molecule has 3 aromatic carbocycles. The number of benzene rings is 3. The van der Waals surface area contributed by atoms with Gasteiger partial charge in [-0.15, -0.1) is 0 Å². The maximum atomic E-state index is 13.7. The standard InChI is InChI=1S/C22H21FN2/c1-3-25-21-10-5-4-8-18(21)19-13-17(11-12-22(19)25)24-14-16-7-6-9-20(23)15(16)2/h4-13,24H,3,14H2,1-2H3. The third kappa shape index (κ3) is 2.66. The van der Waals surface area contributed by atoms with Crippen molar-refractivity contribution in [2.75, 3.05) is 5.32 Å². The number of aromatic nitrogens is 1. The van der Waals surface area contributed by atoms with Crippen LogP contribution in [0.1, 0.15) is 18.1 Å². The summed E-state index contributed by atoms with van der Waals surface area (Å²) in [6.45, 7) is 5.55. The number of hydrogen-bond donors (Lipinski definition) is 1. The van der Waals surface area contributed by atoms with Crippen molar-refractivity contribution in [3.05, 3.63) is 77.6 Å². The van der Waals surface area contributed by atoms with Gasteiger partial charge in [-0.05, 0) is 55.3 Å². The Hall–Kier alpha value is -2.81. The summed E-state index contributed by atoms with van der Waals surface area (Å²) in [6.07, 6.45) is 0. The number of rotatable bonds is 4. The van der Waals surface area contributed by atoms with Crippen LogP contribution in [-0.4, -0.2) is 4.57 Å². The zero-order chi connectivity index (χ0) is 17.4. The van der Waals surface area contributed by atoms with Crippen LogP contribution in [0.2, 0.25) is 0 Å². The highest BCUT2D eigenvalue weighted by Crippen LogP contribution is 2.31. The van der Waals surface area contributed by atoms with Crippen molar-refractivity contribution in [2.45, 2.75) is 26.9 Å². The molecule has 0 aliphatic carbocycles. The molecule has 0 amide bonds. The average molecular weight is 332 g/mol. The van der Waals surface area contributed by atoms with Gasteiger partial charge in [-0.1, -0.05) is 30.3 Å². The summed E-state index contributed by atoms with van der Waals surface area (Å²) in [5, 5.41) is 5.95. The second kappa shape index (κ2) is 6.25. The third-order valence-corrected chi connectivity index (χ3v) is 4.95. The van der Waals surface area contributed by atoms with Crippen LogP contribution in [0, 0.1) is 12.7 Å². The minimum Gasteiger partial charge on any atom is -0.381 e. The molecule has 0 fully saturated rings. The highest BCUT2D eigenvalue weighted by atomic mass is 19.1. The van der Waals surface area contributed by atoms with Gasteiger partial charge in [0.2, 0.25) is 0 Å². The van der Waals surface area contributed by atoms with E-state index >= 15 is 0 Å². The molecule has 4 aromatic rings. The molecule has 25 heavy (non-hydrogen) atoms.